The average Bonchev–Trinajstić information content (AvgIpc) is 2.21. The van der Waals surface area contributed by atoms with Crippen LogP contribution in [-0.2, 0) is 0 Å². The van der Waals surface area contributed by atoms with Crippen LogP contribution < -0.4 is 10.6 Å². The van der Waals surface area contributed by atoms with Gasteiger partial charge in [0.1, 0.15) is 5.82 Å². The first-order valence-electron chi connectivity index (χ1n) is 4.75. The van der Waals surface area contributed by atoms with Crippen molar-refractivity contribution in [3.8, 4) is 0 Å². The van der Waals surface area contributed by atoms with Crippen LogP contribution in [0.3, 0.4) is 0 Å². The molecule has 0 aromatic carbocycles. The Bertz CT molecular complexity index is 342. The highest BCUT2D eigenvalue weighted by atomic mass is 15.3. The fourth-order valence-electron chi connectivity index (χ4n) is 1.48. The molecule has 0 atom stereocenters. The summed E-state index contributed by atoms with van der Waals surface area (Å²) < 4.78 is 0. The van der Waals surface area contributed by atoms with Gasteiger partial charge < -0.3 is 10.6 Å². The molecule has 1 aliphatic heterocycles. The lowest BCUT2D eigenvalue weighted by Gasteiger charge is -2.25. The van der Waals surface area contributed by atoms with Crippen molar-refractivity contribution in [2.24, 2.45) is 0 Å². The van der Waals surface area contributed by atoms with Gasteiger partial charge in [0.15, 0.2) is 5.82 Å². The molecular formula is C10H14N4. The van der Waals surface area contributed by atoms with Crippen molar-refractivity contribution in [2.75, 3.05) is 23.7 Å². The van der Waals surface area contributed by atoms with E-state index in [-0.39, 0.29) is 0 Å². The quantitative estimate of drug-likeness (QED) is 0.676. The number of hydrogen-bond acceptors (Lipinski definition) is 4. The van der Waals surface area contributed by atoms with E-state index in [1.54, 1.807) is 6.07 Å². The molecule has 0 aliphatic carbocycles. The van der Waals surface area contributed by atoms with E-state index in [1.165, 1.54) is 5.57 Å². The van der Waals surface area contributed by atoms with Crippen molar-refractivity contribution in [1.29, 1.82) is 0 Å². The maximum absolute atomic E-state index is 5.47. The number of hydrogen-bond donors (Lipinski definition) is 1. The molecule has 74 valence electrons. The Morgan fingerprint density at radius 1 is 1.36 bits per heavy atom. The maximum atomic E-state index is 5.47. The van der Waals surface area contributed by atoms with Crippen LogP contribution in [-0.4, -0.2) is 23.3 Å². The second-order valence-electron chi connectivity index (χ2n) is 3.56. The summed E-state index contributed by atoms with van der Waals surface area (Å²) in [6.07, 6.45) is 3.33. The smallest absolute Gasteiger partial charge is 0.151 e. The second kappa shape index (κ2) is 3.65. The van der Waals surface area contributed by atoms with E-state index in [0.29, 0.717) is 5.82 Å². The molecular weight excluding hydrogens is 176 g/mol. The van der Waals surface area contributed by atoms with Gasteiger partial charge in [-0.1, -0.05) is 11.6 Å². The van der Waals surface area contributed by atoms with Crippen molar-refractivity contribution in [1.82, 2.24) is 10.2 Å². The highest BCUT2D eigenvalue weighted by molar-refractivity contribution is 5.43. The molecule has 0 spiro atoms. The van der Waals surface area contributed by atoms with Crippen LogP contribution in [0.5, 0.6) is 0 Å². The summed E-state index contributed by atoms with van der Waals surface area (Å²) in [6.45, 7) is 4.09. The lowest BCUT2D eigenvalue weighted by Crippen LogP contribution is -2.29. The predicted octanol–water partition coefficient (Wildman–Crippen LogP) is 1.22. The third-order valence-corrected chi connectivity index (χ3v) is 2.43. The molecule has 1 aliphatic rings. The summed E-state index contributed by atoms with van der Waals surface area (Å²) in [7, 11) is 0. The van der Waals surface area contributed by atoms with E-state index in [2.05, 4.69) is 28.1 Å². The molecule has 2 N–H and O–H groups in total. The Morgan fingerprint density at radius 2 is 2.21 bits per heavy atom. The minimum Gasteiger partial charge on any atom is -0.382 e. The highest BCUT2D eigenvalue weighted by Crippen LogP contribution is 2.16. The van der Waals surface area contributed by atoms with Gasteiger partial charge in [0.05, 0.1) is 0 Å². The third-order valence-electron chi connectivity index (χ3n) is 2.43. The van der Waals surface area contributed by atoms with E-state index in [1.807, 2.05) is 6.07 Å². The summed E-state index contributed by atoms with van der Waals surface area (Å²) in [5.74, 6) is 1.38. The van der Waals surface area contributed by atoms with Gasteiger partial charge in [0, 0.05) is 13.1 Å². The van der Waals surface area contributed by atoms with Crippen LogP contribution in [0.15, 0.2) is 23.8 Å². The lowest BCUT2D eigenvalue weighted by atomic mass is 10.1. The SMILES string of the molecule is CC1=CCN(c2ccc(N)nn2)CC1. The topological polar surface area (TPSA) is 55.0 Å². The van der Waals surface area contributed by atoms with E-state index in [9.17, 15) is 0 Å². The number of nitrogens with zero attached hydrogens (tertiary/aromatic N) is 3. The normalized spacial score (nSPS) is 16.6. The summed E-state index contributed by atoms with van der Waals surface area (Å²) in [5.41, 5.74) is 6.92. The molecule has 4 nitrogen and oxygen atoms in total. The first kappa shape index (κ1) is 8.99. The van der Waals surface area contributed by atoms with Crippen molar-refractivity contribution in [3.63, 3.8) is 0 Å². The van der Waals surface area contributed by atoms with Gasteiger partial charge in [-0.2, -0.15) is 0 Å². The van der Waals surface area contributed by atoms with Crippen LogP contribution in [0.2, 0.25) is 0 Å². The van der Waals surface area contributed by atoms with Crippen molar-refractivity contribution >= 4 is 11.6 Å². The largest absolute Gasteiger partial charge is 0.382 e. The number of rotatable bonds is 1. The first-order chi connectivity index (χ1) is 6.75. The van der Waals surface area contributed by atoms with Gasteiger partial charge in [-0.05, 0) is 25.5 Å². The zero-order chi connectivity index (χ0) is 9.97. The predicted molar refractivity (Wildman–Crippen MR) is 57.0 cm³/mol. The fourth-order valence-corrected chi connectivity index (χ4v) is 1.48. The summed E-state index contributed by atoms with van der Waals surface area (Å²) >= 11 is 0. The molecule has 4 heteroatoms. The van der Waals surface area contributed by atoms with Crippen LogP contribution in [0.1, 0.15) is 13.3 Å². The molecule has 0 fully saturated rings. The molecule has 0 saturated carbocycles. The van der Waals surface area contributed by atoms with Gasteiger partial charge in [0.25, 0.3) is 0 Å². The van der Waals surface area contributed by atoms with Gasteiger partial charge >= 0.3 is 0 Å². The Kier molecular flexibility index (Phi) is 2.35. The monoisotopic (exact) mass is 190 g/mol. The minimum absolute atomic E-state index is 0.470. The van der Waals surface area contributed by atoms with Gasteiger partial charge in [-0.15, -0.1) is 10.2 Å². The Morgan fingerprint density at radius 3 is 2.79 bits per heavy atom. The number of aromatic nitrogens is 2. The Balaban J connectivity index is 2.13. The van der Waals surface area contributed by atoms with E-state index < -0.39 is 0 Å². The molecule has 2 heterocycles. The first-order valence-corrected chi connectivity index (χ1v) is 4.75. The number of nitrogen functional groups attached to an aromatic ring is 1. The average molecular weight is 190 g/mol. The molecule has 14 heavy (non-hydrogen) atoms. The molecule has 2 rings (SSSR count). The van der Waals surface area contributed by atoms with E-state index in [0.717, 1.165) is 25.3 Å². The van der Waals surface area contributed by atoms with Crippen molar-refractivity contribution in [2.45, 2.75) is 13.3 Å². The zero-order valence-electron chi connectivity index (χ0n) is 8.27. The fraction of sp³-hybridized carbons (Fsp3) is 0.400. The molecule has 1 aromatic heterocycles. The zero-order valence-corrected chi connectivity index (χ0v) is 8.27. The highest BCUT2D eigenvalue weighted by Gasteiger charge is 2.10. The van der Waals surface area contributed by atoms with Gasteiger partial charge in [-0.25, -0.2) is 0 Å². The van der Waals surface area contributed by atoms with Gasteiger partial charge in [-0.3, -0.25) is 0 Å². The summed E-state index contributed by atoms with van der Waals surface area (Å²) in [6, 6.07) is 3.70. The molecule has 0 saturated heterocycles. The Labute approximate surface area is 83.4 Å². The minimum atomic E-state index is 0.470. The molecule has 0 unspecified atom stereocenters. The van der Waals surface area contributed by atoms with Crippen LogP contribution >= 0.6 is 0 Å². The van der Waals surface area contributed by atoms with Crippen LogP contribution in [0.4, 0.5) is 11.6 Å². The third kappa shape index (κ3) is 1.84. The van der Waals surface area contributed by atoms with Crippen LogP contribution in [0.25, 0.3) is 0 Å². The summed E-state index contributed by atoms with van der Waals surface area (Å²) in [5, 5.41) is 7.89. The molecule has 0 bridgehead atoms. The standard InChI is InChI=1S/C10H14N4/c1-8-4-6-14(7-5-8)10-3-2-9(11)12-13-10/h2-4H,5-7H2,1H3,(H2,11,12). The second-order valence-corrected chi connectivity index (χ2v) is 3.56. The maximum Gasteiger partial charge on any atom is 0.151 e. The molecule has 0 radical (unpaired) electrons. The molecule has 0 amide bonds. The summed E-state index contributed by atoms with van der Waals surface area (Å²) in [4.78, 5) is 2.19. The van der Waals surface area contributed by atoms with Crippen molar-refractivity contribution in [3.05, 3.63) is 23.8 Å². The number of anilines is 2. The molecule has 1 aromatic rings. The van der Waals surface area contributed by atoms with Gasteiger partial charge in [0.2, 0.25) is 0 Å². The van der Waals surface area contributed by atoms with E-state index in [4.69, 9.17) is 5.73 Å². The lowest BCUT2D eigenvalue weighted by molar-refractivity contribution is 0.765. The van der Waals surface area contributed by atoms with Crippen LogP contribution in [0, 0.1) is 0 Å². The van der Waals surface area contributed by atoms with Crippen molar-refractivity contribution < 1.29 is 0 Å². The number of nitrogens with two attached hydrogens (primary N) is 1. The Hall–Kier alpha value is -1.58. The van der Waals surface area contributed by atoms with E-state index >= 15 is 0 Å².